The summed E-state index contributed by atoms with van der Waals surface area (Å²) in [5.74, 6) is -7.11. The molecule has 7 rings (SSSR count). The smallest absolute Gasteiger partial charge is 0.202 e. The van der Waals surface area contributed by atoms with Gasteiger partial charge in [-0.1, -0.05) is 19.1 Å². The van der Waals surface area contributed by atoms with Crippen LogP contribution >= 0.6 is 0 Å². The van der Waals surface area contributed by atoms with Crippen molar-refractivity contribution in [1.29, 1.82) is 0 Å². The van der Waals surface area contributed by atoms with E-state index in [9.17, 15) is 45.0 Å². The molecule has 7 N–H and O–H groups in total. The first-order chi connectivity index (χ1) is 18.9. The standard InChI is InChI=1S/C29H23NO10/c1-9-23(35)26(40-2)21-16-10(4-3-5-12(16)31)27-28(9,38)29(21,39)11-8-15(34)19-20(22(11)30-27)25(37)18-14(33)7-6-13(32)17(18)24(19)36/h3-9,21,26-27,30-34,38-39H,1-2H3/t9-,21+,26-,27-,28?,29+/m0/s1. The Morgan fingerprint density at radius 3 is 2.05 bits per heavy atom. The van der Waals surface area contributed by atoms with Gasteiger partial charge in [0.15, 0.2) is 5.78 Å². The Bertz CT molecular complexity index is 1750. The Morgan fingerprint density at radius 2 is 1.43 bits per heavy atom. The summed E-state index contributed by atoms with van der Waals surface area (Å²) in [6, 6.07) is 6.37. The number of phenols is 4. The van der Waals surface area contributed by atoms with Gasteiger partial charge in [0.25, 0.3) is 0 Å². The number of ether oxygens (including phenoxy) is 1. The van der Waals surface area contributed by atoms with Crippen molar-refractivity contribution in [2.24, 2.45) is 5.92 Å². The predicted molar refractivity (Wildman–Crippen MR) is 136 cm³/mol. The van der Waals surface area contributed by atoms with Crippen LogP contribution in [-0.4, -0.2) is 66.8 Å². The molecule has 0 radical (unpaired) electrons. The molecule has 0 aromatic heterocycles. The fourth-order valence-corrected chi connectivity index (χ4v) is 7.49. The first-order valence-electron chi connectivity index (χ1n) is 12.6. The van der Waals surface area contributed by atoms with Gasteiger partial charge in [-0.15, -0.1) is 0 Å². The first-order valence-corrected chi connectivity index (χ1v) is 12.6. The molecular formula is C29H23NO10. The zero-order valence-corrected chi connectivity index (χ0v) is 21.1. The number of aliphatic hydroxyl groups is 2. The lowest BCUT2D eigenvalue weighted by Gasteiger charge is -2.64. The Labute approximate surface area is 225 Å². The Morgan fingerprint density at radius 1 is 0.825 bits per heavy atom. The van der Waals surface area contributed by atoms with Crippen molar-refractivity contribution in [3.63, 3.8) is 0 Å². The van der Waals surface area contributed by atoms with Gasteiger partial charge in [-0.25, -0.2) is 0 Å². The first kappa shape index (κ1) is 24.6. The molecule has 0 spiro atoms. The lowest BCUT2D eigenvalue weighted by atomic mass is 9.47. The number of benzene rings is 3. The summed E-state index contributed by atoms with van der Waals surface area (Å²) in [6.45, 7) is 1.44. The van der Waals surface area contributed by atoms with Crippen LogP contribution in [0.25, 0.3) is 0 Å². The van der Waals surface area contributed by atoms with Crippen LogP contribution in [0.1, 0.15) is 67.4 Å². The molecule has 1 fully saturated rings. The van der Waals surface area contributed by atoms with Crippen molar-refractivity contribution in [3.05, 3.63) is 75.3 Å². The van der Waals surface area contributed by atoms with E-state index in [-0.39, 0.29) is 28.1 Å². The number of nitrogens with one attached hydrogen (secondary N) is 1. The van der Waals surface area contributed by atoms with E-state index < -0.39 is 86.5 Å². The number of anilines is 1. The zero-order chi connectivity index (χ0) is 28.6. The predicted octanol–water partition coefficient (Wildman–Crippen LogP) is 1.70. The highest BCUT2D eigenvalue weighted by atomic mass is 16.5. The molecule has 0 saturated heterocycles. The molecule has 6 atom stereocenters. The molecule has 4 bridgehead atoms. The molecule has 1 heterocycles. The van der Waals surface area contributed by atoms with Gasteiger partial charge >= 0.3 is 0 Å². The molecule has 11 heteroatoms. The number of hydrogen-bond acceptors (Lipinski definition) is 11. The number of Topliss-reactive ketones (excluding diaryl/α,β-unsaturated/α-hetero) is 1. The number of ketones is 3. The second-order valence-corrected chi connectivity index (χ2v) is 10.8. The molecule has 11 nitrogen and oxygen atoms in total. The van der Waals surface area contributed by atoms with Crippen LogP contribution in [0.4, 0.5) is 5.69 Å². The third kappa shape index (κ3) is 2.41. The van der Waals surface area contributed by atoms with Gasteiger partial charge in [-0.05, 0) is 29.8 Å². The average molecular weight is 546 g/mol. The lowest BCUT2D eigenvalue weighted by molar-refractivity contribution is -0.248. The lowest BCUT2D eigenvalue weighted by Crippen LogP contribution is -2.75. The van der Waals surface area contributed by atoms with E-state index in [4.69, 9.17) is 4.74 Å². The van der Waals surface area contributed by atoms with Crippen LogP contribution in [0.2, 0.25) is 0 Å². The van der Waals surface area contributed by atoms with E-state index in [1.165, 1.54) is 26.2 Å². The van der Waals surface area contributed by atoms with Crippen molar-refractivity contribution in [2.75, 3.05) is 12.4 Å². The van der Waals surface area contributed by atoms with Crippen molar-refractivity contribution in [2.45, 2.75) is 36.2 Å². The minimum atomic E-state index is -2.42. The van der Waals surface area contributed by atoms with E-state index >= 15 is 0 Å². The monoisotopic (exact) mass is 545 g/mol. The highest BCUT2D eigenvalue weighted by molar-refractivity contribution is 6.33. The maximum Gasteiger partial charge on any atom is 0.202 e. The van der Waals surface area contributed by atoms with E-state index in [0.29, 0.717) is 5.56 Å². The zero-order valence-electron chi connectivity index (χ0n) is 21.1. The summed E-state index contributed by atoms with van der Waals surface area (Å²) in [5.41, 5.74) is -6.30. The van der Waals surface area contributed by atoms with Crippen molar-refractivity contribution in [3.8, 4) is 23.0 Å². The second-order valence-electron chi connectivity index (χ2n) is 10.8. The summed E-state index contributed by atoms with van der Waals surface area (Å²) in [6.07, 6.45) is -1.34. The molecule has 0 amide bonds. The van der Waals surface area contributed by atoms with E-state index in [1.54, 1.807) is 6.07 Å². The van der Waals surface area contributed by atoms with Gasteiger partial charge in [0.05, 0.1) is 45.8 Å². The summed E-state index contributed by atoms with van der Waals surface area (Å²) in [5, 5.41) is 71.0. The Balaban J connectivity index is 1.61. The van der Waals surface area contributed by atoms with Crippen molar-refractivity contribution >= 4 is 23.0 Å². The number of fused-ring (bicyclic) bond motifs is 7. The largest absolute Gasteiger partial charge is 0.508 e. The molecule has 4 aliphatic rings. The maximum absolute atomic E-state index is 13.9. The van der Waals surface area contributed by atoms with Crippen LogP contribution in [0.5, 0.6) is 23.0 Å². The van der Waals surface area contributed by atoms with Crippen LogP contribution < -0.4 is 5.32 Å². The average Bonchev–Trinajstić information content (AvgIpc) is 2.91. The number of phenolic OH excluding ortho intramolecular Hbond substituents is 4. The van der Waals surface area contributed by atoms with Gasteiger partial charge in [-0.3, -0.25) is 14.4 Å². The van der Waals surface area contributed by atoms with Crippen LogP contribution in [0.3, 0.4) is 0 Å². The van der Waals surface area contributed by atoms with E-state index in [0.717, 1.165) is 18.2 Å². The molecular weight excluding hydrogens is 522 g/mol. The number of aromatic hydroxyl groups is 4. The number of rotatable bonds is 1. The molecule has 1 saturated carbocycles. The number of carbonyl (C=O) groups excluding carboxylic acids is 3. The molecule has 1 aliphatic heterocycles. The molecule has 3 aliphatic carbocycles. The van der Waals surface area contributed by atoms with Crippen molar-refractivity contribution in [1.82, 2.24) is 0 Å². The molecule has 40 heavy (non-hydrogen) atoms. The van der Waals surface area contributed by atoms with Crippen LogP contribution in [0.15, 0.2) is 36.4 Å². The van der Waals surface area contributed by atoms with Crippen molar-refractivity contribution < 1.29 is 49.8 Å². The van der Waals surface area contributed by atoms with Gasteiger partial charge in [0.1, 0.15) is 40.3 Å². The highest BCUT2D eigenvalue weighted by Crippen LogP contribution is 2.68. The summed E-state index contributed by atoms with van der Waals surface area (Å²) < 4.78 is 5.55. The molecule has 204 valence electrons. The third-order valence-electron chi connectivity index (χ3n) is 9.24. The Hall–Kier alpha value is -4.45. The molecule has 3 aromatic rings. The summed E-state index contributed by atoms with van der Waals surface area (Å²) in [7, 11) is 1.26. The maximum atomic E-state index is 13.9. The number of hydrogen-bond donors (Lipinski definition) is 7. The van der Waals surface area contributed by atoms with Gasteiger partial charge in [-0.2, -0.15) is 0 Å². The fraction of sp³-hybridized carbons (Fsp3) is 0.276. The van der Waals surface area contributed by atoms with E-state index in [2.05, 4.69) is 5.32 Å². The van der Waals surface area contributed by atoms with Gasteiger partial charge in [0.2, 0.25) is 11.6 Å². The van der Waals surface area contributed by atoms with Crippen LogP contribution in [-0.2, 0) is 15.1 Å². The van der Waals surface area contributed by atoms with Gasteiger partial charge in [0, 0.05) is 18.2 Å². The number of methoxy groups -OCH3 is 1. The highest BCUT2D eigenvalue weighted by Gasteiger charge is 2.75. The minimum absolute atomic E-state index is 0.105. The quantitative estimate of drug-likeness (QED) is 0.172. The molecule has 1 unspecified atom stereocenters. The van der Waals surface area contributed by atoms with E-state index in [1.807, 2.05) is 0 Å². The topological polar surface area (TPSA) is 194 Å². The fourth-order valence-electron chi connectivity index (χ4n) is 7.49. The molecule has 3 aromatic carbocycles. The normalized spacial score (nSPS) is 31.1. The summed E-state index contributed by atoms with van der Waals surface area (Å²) in [4.78, 5) is 40.9. The SMILES string of the molecule is CO[C@@H]1C(=O)[C@H](C)C2(O)[C@H]3Nc4c(cc(O)c5c4C(=O)c4c(O)ccc(O)c4C5=O)[C@@]2(O)[C@@H]1c1c(O)cccc13. The number of carbonyl (C=O) groups is 3. The van der Waals surface area contributed by atoms with Crippen LogP contribution in [0, 0.1) is 5.92 Å². The minimum Gasteiger partial charge on any atom is -0.508 e. The summed E-state index contributed by atoms with van der Waals surface area (Å²) >= 11 is 0. The van der Waals surface area contributed by atoms with Gasteiger partial charge < -0.3 is 40.7 Å². The Kier molecular flexibility index (Phi) is 4.54. The second kappa shape index (κ2) is 7.39. The third-order valence-corrected chi connectivity index (χ3v) is 9.24.